The predicted octanol–water partition coefficient (Wildman–Crippen LogP) is 3.45. The number of aryl methyl sites for hydroxylation is 1. The summed E-state index contributed by atoms with van der Waals surface area (Å²) in [4.78, 5) is 17.4. The second-order valence-corrected chi connectivity index (χ2v) is 7.22. The number of thiazole rings is 1. The number of amides is 1. The largest absolute Gasteiger partial charge is 0.486 e. The first kappa shape index (κ1) is 17.2. The molecule has 1 amide bonds. The molecule has 2 heterocycles. The van der Waals surface area contributed by atoms with Gasteiger partial charge in [-0.15, -0.1) is 11.3 Å². The lowest BCUT2D eigenvalue weighted by molar-refractivity contribution is 0.0948. The third-order valence-electron chi connectivity index (χ3n) is 3.80. The molecule has 7 heteroatoms. The number of hydrogen-bond acceptors (Lipinski definition) is 5. The lowest BCUT2D eigenvalue weighted by Crippen LogP contribution is -2.29. The fourth-order valence-corrected chi connectivity index (χ4v) is 3.48. The van der Waals surface area contributed by atoms with E-state index in [1.54, 1.807) is 24.3 Å². The maximum absolute atomic E-state index is 12.3. The minimum atomic E-state index is -0.0744. The van der Waals surface area contributed by atoms with Crippen molar-refractivity contribution in [1.29, 1.82) is 0 Å². The second-order valence-electron chi connectivity index (χ2n) is 5.70. The van der Waals surface area contributed by atoms with Crippen LogP contribution in [0.1, 0.15) is 26.8 Å². The molecule has 128 valence electrons. The molecule has 1 aromatic heterocycles. The first-order chi connectivity index (χ1) is 11.6. The van der Waals surface area contributed by atoms with Gasteiger partial charge in [-0.3, -0.25) is 4.79 Å². The predicted molar refractivity (Wildman–Crippen MR) is 93.9 cm³/mol. The van der Waals surface area contributed by atoms with E-state index in [0.29, 0.717) is 29.0 Å². The van der Waals surface area contributed by atoms with Crippen LogP contribution in [-0.2, 0) is 11.3 Å². The quantitative estimate of drug-likeness (QED) is 0.850. The maximum Gasteiger partial charge on any atom is 0.263 e. The maximum atomic E-state index is 12.3. The Bertz CT molecular complexity index is 696. The smallest absolute Gasteiger partial charge is 0.263 e. The Morgan fingerprint density at radius 1 is 1.46 bits per heavy atom. The standard InChI is InChI=1S/C17H19ClN2O3S/c1-11-16(17(21)19-8-12-6-7-22-9-12)24-15(20-11)10-23-14-4-2-13(18)3-5-14/h2-5,12H,6-10H2,1H3,(H,19,21)/t12-/m0/s1. The van der Waals surface area contributed by atoms with E-state index < -0.39 is 0 Å². The van der Waals surface area contributed by atoms with E-state index >= 15 is 0 Å². The summed E-state index contributed by atoms with van der Waals surface area (Å²) in [7, 11) is 0. The summed E-state index contributed by atoms with van der Waals surface area (Å²) in [6, 6.07) is 7.16. The van der Waals surface area contributed by atoms with Crippen molar-refractivity contribution in [3.63, 3.8) is 0 Å². The van der Waals surface area contributed by atoms with E-state index in [0.717, 1.165) is 36.1 Å². The fraction of sp³-hybridized carbons (Fsp3) is 0.412. The number of carbonyl (C=O) groups excluding carboxylic acids is 1. The van der Waals surface area contributed by atoms with Gasteiger partial charge < -0.3 is 14.8 Å². The van der Waals surface area contributed by atoms with Crippen molar-refractivity contribution >= 4 is 28.8 Å². The van der Waals surface area contributed by atoms with Crippen LogP contribution in [0.4, 0.5) is 0 Å². The zero-order valence-electron chi connectivity index (χ0n) is 13.4. The van der Waals surface area contributed by atoms with Crippen LogP contribution in [0.15, 0.2) is 24.3 Å². The highest BCUT2D eigenvalue weighted by molar-refractivity contribution is 7.13. The van der Waals surface area contributed by atoms with Crippen molar-refractivity contribution in [3.8, 4) is 5.75 Å². The van der Waals surface area contributed by atoms with E-state index in [9.17, 15) is 4.79 Å². The average Bonchev–Trinajstić information content (AvgIpc) is 3.22. The number of nitrogens with one attached hydrogen (secondary N) is 1. The van der Waals surface area contributed by atoms with Crippen LogP contribution in [0, 0.1) is 12.8 Å². The van der Waals surface area contributed by atoms with Crippen LogP contribution in [0.3, 0.4) is 0 Å². The first-order valence-electron chi connectivity index (χ1n) is 7.82. The highest BCUT2D eigenvalue weighted by Gasteiger charge is 2.19. The highest BCUT2D eigenvalue weighted by Crippen LogP contribution is 2.21. The molecule has 1 fully saturated rings. The topological polar surface area (TPSA) is 60.5 Å². The van der Waals surface area contributed by atoms with E-state index in [1.807, 2.05) is 6.92 Å². The van der Waals surface area contributed by atoms with E-state index in [4.69, 9.17) is 21.1 Å². The number of halogens is 1. The molecule has 0 spiro atoms. The van der Waals surface area contributed by atoms with Gasteiger partial charge in [0.15, 0.2) is 0 Å². The van der Waals surface area contributed by atoms with E-state index in [-0.39, 0.29) is 5.91 Å². The van der Waals surface area contributed by atoms with Crippen LogP contribution in [0.5, 0.6) is 5.75 Å². The van der Waals surface area contributed by atoms with Crippen molar-refractivity contribution in [3.05, 3.63) is 44.9 Å². The van der Waals surface area contributed by atoms with Crippen LogP contribution in [0.25, 0.3) is 0 Å². The summed E-state index contributed by atoms with van der Waals surface area (Å²) in [5, 5.41) is 4.41. The molecule has 0 bridgehead atoms. The molecule has 0 unspecified atom stereocenters. The van der Waals surface area contributed by atoms with Crippen molar-refractivity contribution in [2.24, 2.45) is 5.92 Å². The Kier molecular flexibility index (Phi) is 5.71. The lowest BCUT2D eigenvalue weighted by Gasteiger charge is -2.08. The SMILES string of the molecule is Cc1nc(COc2ccc(Cl)cc2)sc1C(=O)NC[C@@H]1CCOC1. The molecule has 0 aliphatic carbocycles. The normalized spacial score (nSPS) is 17.0. The molecule has 0 saturated carbocycles. The number of carbonyl (C=O) groups is 1. The Labute approximate surface area is 150 Å². The Morgan fingerprint density at radius 2 is 2.25 bits per heavy atom. The van der Waals surface area contributed by atoms with Crippen LogP contribution in [0.2, 0.25) is 5.02 Å². The molecular formula is C17H19ClN2O3S. The first-order valence-corrected chi connectivity index (χ1v) is 9.02. The number of hydrogen-bond donors (Lipinski definition) is 1. The van der Waals surface area contributed by atoms with Crippen molar-refractivity contribution in [2.75, 3.05) is 19.8 Å². The molecule has 3 rings (SSSR count). The van der Waals surface area contributed by atoms with Gasteiger partial charge in [0.05, 0.1) is 12.3 Å². The Hall–Kier alpha value is -1.63. The molecule has 1 aromatic carbocycles. The number of rotatable bonds is 6. The Morgan fingerprint density at radius 3 is 2.96 bits per heavy atom. The second kappa shape index (κ2) is 7.96. The van der Waals surface area contributed by atoms with E-state index in [1.165, 1.54) is 11.3 Å². The van der Waals surface area contributed by atoms with Gasteiger partial charge in [0, 0.05) is 24.1 Å². The lowest BCUT2D eigenvalue weighted by atomic mass is 10.1. The fourth-order valence-electron chi connectivity index (χ4n) is 2.46. The summed E-state index contributed by atoms with van der Waals surface area (Å²) >= 11 is 7.21. The molecule has 1 N–H and O–H groups in total. The summed E-state index contributed by atoms with van der Waals surface area (Å²) in [5.74, 6) is 1.06. The molecule has 1 saturated heterocycles. The van der Waals surface area contributed by atoms with Gasteiger partial charge in [0.2, 0.25) is 0 Å². The third-order valence-corrected chi connectivity index (χ3v) is 5.18. The third kappa shape index (κ3) is 4.47. The Balaban J connectivity index is 1.55. The van der Waals surface area contributed by atoms with Gasteiger partial charge in [-0.2, -0.15) is 0 Å². The molecule has 1 aliphatic heterocycles. The molecule has 0 radical (unpaired) electrons. The summed E-state index contributed by atoms with van der Waals surface area (Å²) < 4.78 is 11.0. The van der Waals surface area contributed by atoms with Gasteiger partial charge >= 0.3 is 0 Å². The van der Waals surface area contributed by atoms with Gasteiger partial charge in [-0.25, -0.2) is 4.98 Å². The van der Waals surface area contributed by atoms with Crippen molar-refractivity contribution in [1.82, 2.24) is 10.3 Å². The average molecular weight is 367 g/mol. The number of benzene rings is 1. The summed E-state index contributed by atoms with van der Waals surface area (Å²) in [6.45, 7) is 4.33. The van der Waals surface area contributed by atoms with Gasteiger partial charge in [-0.1, -0.05) is 11.6 Å². The van der Waals surface area contributed by atoms with Crippen LogP contribution in [-0.4, -0.2) is 30.6 Å². The van der Waals surface area contributed by atoms with Gasteiger partial charge in [0.1, 0.15) is 22.2 Å². The zero-order chi connectivity index (χ0) is 16.9. The number of nitrogens with zero attached hydrogens (tertiary/aromatic N) is 1. The molecular weight excluding hydrogens is 348 g/mol. The number of ether oxygens (including phenoxy) is 2. The molecule has 5 nitrogen and oxygen atoms in total. The molecule has 1 atom stereocenters. The minimum Gasteiger partial charge on any atom is -0.486 e. The molecule has 2 aromatic rings. The highest BCUT2D eigenvalue weighted by atomic mass is 35.5. The molecule has 1 aliphatic rings. The van der Waals surface area contributed by atoms with E-state index in [2.05, 4.69) is 10.3 Å². The van der Waals surface area contributed by atoms with Crippen LogP contribution < -0.4 is 10.1 Å². The zero-order valence-corrected chi connectivity index (χ0v) is 15.0. The molecule has 24 heavy (non-hydrogen) atoms. The number of aromatic nitrogens is 1. The summed E-state index contributed by atoms with van der Waals surface area (Å²) in [6.07, 6.45) is 1.00. The summed E-state index contributed by atoms with van der Waals surface area (Å²) in [5.41, 5.74) is 0.731. The van der Waals surface area contributed by atoms with Crippen molar-refractivity contribution < 1.29 is 14.3 Å². The van der Waals surface area contributed by atoms with Crippen LogP contribution >= 0.6 is 22.9 Å². The minimum absolute atomic E-state index is 0.0744. The monoisotopic (exact) mass is 366 g/mol. The van der Waals surface area contributed by atoms with Crippen molar-refractivity contribution in [2.45, 2.75) is 20.0 Å². The van der Waals surface area contributed by atoms with Gasteiger partial charge in [-0.05, 0) is 37.6 Å². The van der Waals surface area contributed by atoms with Gasteiger partial charge in [0.25, 0.3) is 5.91 Å².